The van der Waals surface area contributed by atoms with Crippen LogP contribution in [-0.4, -0.2) is 9.55 Å². The van der Waals surface area contributed by atoms with Gasteiger partial charge in [-0.1, -0.05) is 29.3 Å². The minimum atomic E-state index is 0.369. The molecule has 0 spiro atoms. The van der Waals surface area contributed by atoms with Crippen molar-refractivity contribution >= 4 is 56.1 Å². The average Bonchev–Trinajstić information content (AvgIpc) is 2.71. The fraction of sp³-hybridized carbons (Fsp3) is 0.0714. The summed E-state index contributed by atoms with van der Waals surface area (Å²) in [5.41, 5.74) is 9.36. The number of halogens is 3. The summed E-state index contributed by atoms with van der Waals surface area (Å²) in [5, 5.41) is 1.26. The fourth-order valence-corrected chi connectivity index (χ4v) is 3.20. The van der Waals surface area contributed by atoms with Crippen LogP contribution in [0.3, 0.4) is 0 Å². The van der Waals surface area contributed by atoms with Gasteiger partial charge in [-0.05, 0) is 52.7 Å². The molecule has 0 saturated carbocycles. The summed E-state index contributed by atoms with van der Waals surface area (Å²) in [5.74, 6) is 0.369. The van der Waals surface area contributed by atoms with E-state index in [2.05, 4.69) is 20.9 Å². The maximum absolute atomic E-state index is 6.28. The first-order valence-corrected chi connectivity index (χ1v) is 7.42. The number of nitrogens with zero attached hydrogens (tertiary/aromatic N) is 2. The number of nitrogen functional groups attached to an aromatic ring is 1. The van der Waals surface area contributed by atoms with Crippen molar-refractivity contribution in [1.82, 2.24) is 9.55 Å². The first kappa shape index (κ1) is 13.7. The number of rotatable bonds is 1. The number of hydrogen-bond acceptors (Lipinski definition) is 2. The Kier molecular flexibility index (Phi) is 3.40. The van der Waals surface area contributed by atoms with E-state index >= 15 is 0 Å². The number of benzene rings is 2. The highest BCUT2D eigenvalue weighted by Crippen LogP contribution is 2.34. The molecule has 0 amide bonds. The standard InChI is InChI=1S/C14H10BrCl2N3/c1-7-5-8(15)12(6-10(7)17)20-13-9(16)3-2-4-11(13)19-14(20)18/h2-6H,1H3,(H2,18,19). The van der Waals surface area contributed by atoms with E-state index in [1.807, 2.05) is 37.3 Å². The van der Waals surface area contributed by atoms with Gasteiger partial charge in [-0.25, -0.2) is 4.98 Å². The third-order valence-electron chi connectivity index (χ3n) is 3.12. The SMILES string of the molecule is Cc1cc(Br)c(-n2c(N)nc3cccc(Cl)c32)cc1Cl. The van der Waals surface area contributed by atoms with Crippen LogP contribution in [0, 0.1) is 6.92 Å². The second-order valence-corrected chi connectivity index (χ2v) is 6.13. The lowest BCUT2D eigenvalue weighted by molar-refractivity contribution is 1.10. The van der Waals surface area contributed by atoms with Crippen LogP contribution >= 0.6 is 39.1 Å². The molecule has 0 unspecified atom stereocenters. The number of fused-ring (bicyclic) bond motifs is 1. The van der Waals surface area contributed by atoms with Crippen LogP contribution in [0.4, 0.5) is 5.95 Å². The minimum Gasteiger partial charge on any atom is -0.369 e. The predicted molar refractivity (Wildman–Crippen MR) is 87.9 cm³/mol. The second kappa shape index (κ2) is 4.95. The smallest absolute Gasteiger partial charge is 0.206 e. The van der Waals surface area contributed by atoms with Crippen LogP contribution in [0.15, 0.2) is 34.8 Å². The molecule has 0 fully saturated rings. The zero-order valence-corrected chi connectivity index (χ0v) is 13.6. The molecule has 0 bridgehead atoms. The summed E-state index contributed by atoms with van der Waals surface area (Å²) in [6.45, 7) is 1.94. The van der Waals surface area contributed by atoms with Crippen LogP contribution in [0.25, 0.3) is 16.7 Å². The highest BCUT2D eigenvalue weighted by Gasteiger charge is 2.16. The average molecular weight is 371 g/mol. The van der Waals surface area contributed by atoms with Gasteiger partial charge >= 0.3 is 0 Å². The Morgan fingerprint density at radius 2 is 1.95 bits per heavy atom. The number of imidazole rings is 1. The lowest BCUT2D eigenvalue weighted by Crippen LogP contribution is -2.02. The van der Waals surface area contributed by atoms with Crippen molar-refractivity contribution in [1.29, 1.82) is 0 Å². The number of para-hydroxylation sites is 1. The number of anilines is 1. The van der Waals surface area contributed by atoms with Gasteiger partial charge in [0.25, 0.3) is 0 Å². The van der Waals surface area contributed by atoms with E-state index in [0.29, 0.717) is 16.0 Å². The Balaban J connectivity index is 2.41. The molecule has 3 rings (SSSR count). The van der Waals surface area contributed by atoms with Crippen LogP contribution in [0.1, 0.15) is 5.56 Å². The summed E-state index contributed by atoms with van der Waals surface area (Å²) in [7, 11) is 0. The maximum atomic E-state index is 6.28. The normalized spacial score (nSPS) is 11.2. The van der Waals surface area contributed by atoms with Gasteiger partial charge in [0.15, 0.2) is 0 Å². The zero-order chi connectivity index (χ0) is 14.4. The van der Waals surface area contributed by atoms with Crippen LogP contribution in [0.5, 0.6) is 0 Å². The quantitative estimate of drug-likeness (QED) is 0.656. The summed E-state index contributed by atoms with van der Waals surface area (Å²) < 4.78 is 2.68. The summed E-state index contributed by atoms with van der Waals surface area (Å²) in [4.78, 5) is 4.34. The number of aromatic nitrogens is 2. The largest absolute Gasteiger partial charge is 0.369 e. The number of aryl methyl sites for hydroxylation is 1. The highest BCUT2D eigenvalue weighted by atomic mass is 79.9. The second-order valence-electron chi connectivity index (χ2n) is 4.47. The Hall–Kier alpha value is -1.23. The molecule has 0 radical (unpaired) electrons. The van der Waals surface area contributed by atoms with Gasteiger partial charge < -0.3 is 5.73 Å². The van der Waals surface area contributed by atoms with Gasteiger partial charge in [0.1, 0.15) is 0 Å². The molecule has 0 aliphatic rings. The monoisotopic (exact) mass is 369 g/mol. The van der Waals surface area contributed by atoms with Crippen LogP contribution in [-0.2, 0) is 0 Å². The molecule has 6 heteroatoms. The zero-order valence-electron chi connectivity index (χ0n) is 10.5. The van der Waals surface area contributed by atoms with Gasteiger partial charge in [-0.15, -0.1) is 0 Å². The minimum absolute atomic E-state index is 0.369. The van der Waals surface area contributed by atoms with Crippen molar-refractivity contribution in [2.75, 3.05) is 5.73 Å². The molecule has 0 aliphatic carbocycles. The lowest BCUT2D eigenvalue weighted by atomic mass is 10.2. The van der Waals surface area contributed by atoms with E-state index in [-0.39, 0.29) is 0 Å². The van der Waals surface area contributed by atoms with Gasteiger partial charge in [0, 0.05) is 9.50 Å². The first-order valence-electron chi connectivity index (χ1n) is 5.87. The molecule has 102 valence electrons. The van der Waals surface area contributed by atoms with Gasteiger partial charge in [-0.3, -0.25) is 4.57 Å². The Morgan fingerprint density at radius 1 is 1.20 bits per heavy atom. The molecule has 0 saturated heterocycles. The number of hydrogen-bond donors (Lipinski definition) is 1. The lowest BCUT2D eigenvalue weighted by Gasteiger charge is -2.11. The van der Waals surface area contributed by atoms with Crippen molar-refractivity contribution in [2.45, 2.75) is 6.92 Å². The molecule has 3 nitrogen and oxygen atoms in total. The van der Waals surface area contributed by atoms with Crippen molar-refractivity contribution in [2.24, 2.45) is 0 Å². The Morgan fingerprint density at radius 3 is 2.70 bits per heavy atom. The van der Waals surface area contributed by atoms with E-state index in [1.54, 1.807) is 4.57 Å². The molecule has 20 heavy (non-hydrogen) atoms. The van der Waals surface area contributed by atoms with Crippen molar-refractivity contribution in [3.8, 4) is 5.69 Å². The topological polar surface area (TPSA) is 43.8 Å². The third-order valence-corrected chi connectivity index (χ3v) is 4.47. The molecule has 0 atom stereocenters. The molecular formula is C14H10BrCl2N3. The number of nitrogens with two attached hydrogens (primary N) is 1. The van der Waals surface area contributed by atoms with E-state index in [4.69, 9.17) is 28.9 Å². The molecule has 2 N–H and O–H groups in total. The molecule has 1 aromatic heterocycles. The highest BCUT2D eigenvalue weighted by molar-refractivity contribution is 9.10. The van der Waals surface area contributed by atoms with E-state index in [0.717, 1.165) is 26.8 Å². The van der Waals surface area contributed by atoms with E-state index in [1.165, 1.54) is 0 Å². The van der Waals surface area contributed by atoms with Crippen molar-refractivity contribution in [3.63, 3.8) is 0 Å². The fourth-order valence-electron chi connectivity index (χ4n) is 2.15. The summed E-state index contributed by atoms with van der Waals surface area (Å²) in [6.07, 6.45) is 0. The van der Waals surface area contributed by atoms with Gasteiger partial charge in [0.2, 0.25) is 5.95 Å². The molecule has 0 aliphatic heterocycles. The van der Waals surface area contributed by atoms with Crippen molar-refractivity contribution in [3.05, 3.63) is 50.4 Å². The van der Waals surface area contributed by atoms with E-state index in [9.17, 15) is 0 Å². The van der Waals surface area contributed by atoms with Crippen LogP contribution in [0.2, 0.25) is 10.0 Å². The summed E-state index contributed by atoms with van der Waals surface area (Å²) >= 11 is 16.0. The van der Waals surface area contributed by atoms with E-state index < -0.39 is 0 Å². The molecule has 1 heterocycles. The molecule has 2 aromatic carbocycles. The third kappa shape index (κ3) is 2.08. The summed E-state index contributed by atoms with van der Waals surface area (Å²) in [6, 6.07) is 9.32. The Labute approximate surface area is 134 Å². The van der Waals surface area contributed by atoms with Crippen molar-refractivity contribution < 1.29 is 0 Å². The van der Waals surface area contributed by atoms with Gasteiger partial charge in [0.05, 0.1) is 21.7 Å². The molecule has 3 aromatic rings. The Bertz CT molecular complexity index is 827. The first-order chi connectivity index (χ1) is 9.49. The maximum Gasteiger partial charge on any atom is 0.206 e. The van der Waals surface area contributed by atoms with Crippen LogP contribution < -0.4 is 5.73 Å². The molecular weight excluding hydrogens is 361 g/mol. The van der Waals surface area contributed by atoms with Gasteiger partial charge in [-0.2, -0.15) is 0 Å². The predicted octanol–water partition coefficient (Wildman–Crippen LogP) is 4.99.